The Bertz CT molecular complexity index is 552. The van der Waals surface area contributed by atoms with Crippen LogP contribution in [0.1, 0.15) is 27.7 Å². The molecule has 0 saturated carbocycles. The van der Waals surface area contributed by atoms with Gasteiger partial charge in [-0.2, -0.15) is 0 Å². The SMILES string of the molecule is COC(CNC(=O)c1ccc(C)nc1)c1ccccc1. The summed E-state index contributed by atoms with van der Waals surface area (Å²) in [6, 6.07) is 13.4. The fourth-order valence-corrected chi connectivity index (χ4v) is 1.89. The molecule has 0 fully saturated rings. The Labute approximate surface area is 118 Å². The van der Waals surface area contributed by atoms with Gasteiger partial charge >= 0.3 is 0 Å². The van der Waals surface area contributed by atoms with E-state index in [0.717, 1.165) is 11.3 Å². The van der Waals surface area contributed by atoms with Crippen LogP contribution in [0.2, 0.25) is 0 Å². The molecule has 0 bridgehead atoms. The molecule has 1 atom stereocenters. The number of aromatic nitrogens is 1. The fraction of sp³-hybridized carbons (Fsp3) is 0.250. The number of nitrogens with zero attached hydrogens (tertiary/aromatic N) is 1. The number of pyridine rings is 1. The van der Waals surface area contributed by atoms with E-state index >= 15 is 0 Å². The third kappa shape index (κ3) is 3.65. The lowest BCUT2D eigenvalue weighted by atomic mass is 10.1. The highest BCUT2D eigenvalue weighted by atomic mass is 16.5. The highest BCUT2D eigenvalue weighted by Crippen LogP contribution is 2.15. The minimum atomic E-state index is -0.154. The molecule has 1 aromatic carbocycles. The Kier molecular flexibility index (Phi) is 4.85. The zero-order chi connectivity index (χ0) is 14.4. The Morgan fingerprint density at radius 2 is 2.00 bits per heavy atom. The predicted octanol–water partition coefficient (Wildman–Crippen LogP) is 2.51. The third-order valence-corrected chi connectivity index (χ3v) is 3.08. The number of hydrogen-bond acceptors (Lipinski definition) is 3. The van der Waals surface area contributed by atoms with E-state index in [-0.39, 0.29) is 12.0 Å². The molecule has 4 heteroatoms. The summed E-state index contributed by atoms with van der Waals surface area (Å²) in [6.07, 6.45) is 1.42. The lowest BCUT2D eigenvalue weighted by Crippen LogP contribution is -2.29. The standard InChI is InChI=1S/C16H18N2O2/c1-12-8-9-14(10-17-12)16(19)18-11-15(20-2)13-6-4-3-5-7-13/h3-10,15H,11H2,1-2H3,(H,18,19). The van der Waals surface area contributed by atoms with Crippen molar-refractivity contribution in [2.75, 3.05) is 13.7 Å². The van der Waals surface area contributed by atoms with Crippen molar-refractivity contribution in [1.29, 1.82) is 0 Å². The van der Waals surface area contributed by atoms with E-state index in [1.54, 1.807) is 19.4 Å². The molecule has 4 nitrogen and oxygen atoms in total. The van der Waals surface area contributed by atoms with Crippen LogP contribution in [-0.4, -0.2) is 24.5 Å². The van der Waals surface area contributed by atoms with Crippen molar-refractivity contribution in [2.24, 2.45) is 0 Å². The lowest BCUT2D eigenvalue weighted by molar-refractivity contribution is 0.0827. The van der Waals surface area contributed by atoms with Gasteiger partial charge in [-0.05, 0) is 24.6 Å². The van der Waals surface area contributed by atoms with Crippen LogP contribution in [0.3, 0.4) is 0 Å². The van der Waals surface area contributed by atoms with Crippen molar-refractivity contribution >= 4 is 5.91 Å². The second-order valence-electron chi connectivity index (χ2n) is 4.53. The van der Waals surface area contributed by atoms with Crippen molar-refractivity contribution in [3.8, 4) is 0 Å². The Balaban J connectivity index is 1.96. The van der Waals surface area contributed by atoms with Crippen LogP contribution in [0.25, 0.3) is 0 Å². The molecule has 1 amide bonds. The number of amides is 1. The number of carbonyl (C=O) groups is 1. The highest BCUT2D eigenvalue weighted by Gasteiger charge is 2.12. The number of hydrogen-bond donors (Lipinski definition) is 1. The first-order chi connectivity index (χ1) is 9.70. The number of methoxy groups -OCH3 is 1. The molecule has 1 heterocycles. The van der Waals surface area contributed by atoms with Gasteiger partial charge in [0.1, 0.15) is 0 Å². The van der Waals surface area contributed by atoms with E-state index in [0.29, 0.717) is 12.1 Å². The van der Waals surface area contributed by atoms with Crippen molar-refractivity contribution in [2.45, 2.75) is 13.0 Å². The number of nitrogens with one attached hydrogen (secondary N) is 1. The zero-order valence-corrected chi connectivity index (χ0v) is 11.7. The molecule has 2 rings (SSSR count). The van der Waals surface area contributed by atoms with Crippen LogP contribution in [0.4, 0.5) is 0 Å². The summed E-state index contributed by atoms with van der Waals surface area (Å²) < 4.78 is 5.41. The van der Waals surface area contributed by atoms with Crippen LogP contribution in [0.15, 0.2) is 48.7 Å². The van der Waals surface area contributed by atoms with Gasteiger partial charge in [0.2, 0.25) is 0 Å². The average molecular weight is 270 g/mol. The quantitative estimate of drug-likeness (QED) is 0.908. The smallest absolute Gasteiger partial charge is 0.252 e. The van der Waals surface area contributed by atoms with Crippen molar-refractivity contribution in [3.05, 3.63) is 65.5 Å². The van der Waals surface area contributed by atoms with Gasteiger partial charge in [0.15, 0.2) is 0 Å². The normalized spacial score (nSPS) is 11.9. The van der Waals surface area contributed by atoms with Crippen LogP contribution >= 0.6 is 0 Å². The fourth-order valence-electron chi connectivity index (χ4n) is 1.89. The molecule has 20 heavy (non-hydrogen) atoms. The summed E-state index contributed by atoms with van der Waals surface area (Å²) >= 11 is 0. The molecule has 0 aliphatic heterocycles. The molecule has 2 aromatic rings. The molecular formula is C16H18N2O2. The van der Waals surface area contributed by atoms with Crippen molar-refractivity contribution in [1.82, 2.24) is 10.3 Å². The van der Waals surface area contributed by atoms with Crippen LogP contribution < -0.4 is 5.32 Å². The molecule has 0 aliphatic carbocycles. The summed E-state index contributed by atoms with van der Waals surface area (Å²) in [4.78, 5) is 16.1. The van der Waals surface area contributed by atoms with Gasteiger partial charge in [0.05, 0.1) is 11.7 Å². The maximum Gasteiger partial charge on any atom is 0.252 e. The largest absolute Gasteiger partial charge is 0.375 e. The summed E-state index contributed by atoms with van der Waals surface area (Å²) in [5.41, 5.74) is 2.48. The van der Waals surface area contributed by atoms with Crippen molar-refractivity contribution < 1.29 is 9.53 Å². The third-order valence-electron chi connectivity index (χ3n) is 3.08. The van der Waals surface area contributed by atoms with E-state index in [2.05, 4.69) is 10.3 Å². The first-order valence-corrected chi connectivity index (χ1v) is 6.49. The minimum Gasteiger partial charge on any atom is -0.375 e. The zero-order valence-electron chi connectivity index (χ0n) is 11.7. The van der Waals surface area contributed by atoms with Gasteiger partial charge in [-0.1, -0.05) is 30.3 Å². The number of aryl methyl sites for hydroxylation is 1. The lowest BCUT2D eigenvalue weighted by Gasteiger charge is -2.16. The molecule has 0 aliphatic rings. The van der Waals surface area contributed by atoms with E-state index in [4.69, 9.17) is 4.74 Å². The summed E-state index contributed by atoms with van der Waals surface area (Å²) in [5, 5.41) is 2.86. The van der Waals surface area contributed by atoms with Gasteiger partial charge < -0.3 is 10.1 Å². The molecule has 0 radical (unpaired) electrons. The molecule has 0 saturated heterocycles. The van der Waals surface area contributed by atoms with Gasteiger partial charge in [0, 0.05) is 25.5 Å². The molecule has 1 aromatic heterocycles. The topological polar surface area (TPSA) is 51.2 Å². The Hall–Kier alpha value is -2.20. The molecule has 1 unspecified atom stereocenters. The maximum absolute atomic E-state index is 12.0. The van der Waals surface area contributed by atoms with Crippen molar-refractivity contribution in [3.63, 3.8) is 0 Å². The van der Waals surface area contributed by atoms with E-state index in [1.807, 2.05) is 43.3 Å². The Morgan fingerprint density at radius 1 is 1.25 bits per heavy atom. The van der Waals surface area contributed by atoms with E-state index in [1.165, 1.54) is 0 Å². The molecule has 104 valence electrons. The molecule has 1 N–H and O–H groups in total. The van der Waals surface area contributed by atoms with Gasteiger partial charge in [-0.25, -0.2) is 0 Å². The number of carbonyl (C=O) groups excluding carboxylic acids is 1. The van der Waals surface area contributed by atoms with Gasteiger partial charge in [-0.15, -0.1) is 0 Å². The van der Waals surface area contributed by atoms with Crippen LogP contribution in [0, 0.1) is 6.92 Å². The maximum atomic E-state index is 12.0. The second-order valence-corrected chi connectivity index (χ2v) is 4.53. The first-order valence-electron chi connectivity index (χ1n) is 6.49. The number of ether oxygens (including phenoxy) is 1. The average Bonchev–Trinajstić information content (AvgIpc) is 2.49. The van der Waals surface area contributed by atoms with E-state index < -0.39 is 0 Å². The van der Waals surface area contributed by atoms with Crippen LogP contribution in [-0.2, 0) is 4.74 Å². The monoisotopic (exact) mass is 270 g/mol. The minimum absolute atomic E-state index is 0.143. The number of benzene rings is 1. The first kappa shape index (κ1) is 14.2. The Morgan fingerprint density at radius 3 is 2.60 bits per heavy atom. The summed E-state index contributed by atoms with van der Waals surface area (Å²) in [5.74, 6) is -0.143. The highest BCUT2D eigenvalue weighted by molar-refractivity contribution is 5.93. The van der Waals surface area contributed by atoms with Gasteiger partial charge in [0.25, 0.3) is 5.91 Å². The van der Waals surface area contributed by atoms with Crippen LogP contribution in [0.5, 0.6) is 0 Å². The molecular weight excluding hydrogens is 252 g/mol. The summed E-state index contributed by atoms with van der Waals surface area (Å²) in [7, 11) is 1.64. The predicted molar refractivity (Wildman–Crippen MR) is 77.5 cm³/mol. The van der Waals surface area contributed by atoms with Gasteiger partial charge in [-0.3, -0.25) is 9.78 Å². The second kappa shape index (κ2) is 6.82. The number of rotatable bonds is 5. The summed E-state index contributed by atoms with van der Waals surface area (Å²) in [6.45, 7) is 2.31. The van der Waals surface area contributed by atoms with E-state index in [9.17, 15) is 4.79 Å². The molecule has 0 spiro atoms.